The number of anilines is 1. The van der Waals surface area contributed by atoms with Crippen molar-refractivity contribution in [3.63, 3.8) is 0 Å². The van der Waals surface area contributed by atoms with E-state index in [4.69, 9.17) is 21.1 Å². The fourth-order valence-corrected chi connectivity index (χ4v) is 2.75. The van der Waals surface area contributed by atoms with Crippen LogP contribution in [-0.2, 0) is 0 Å². The van der Waals surface area contributed by atoms with Crippen molar-refractivity contribution in [1.29, 1.82) is 0 Å². The predicted molar refractivity (Wildman–Crippen MR) is 91.9 cm³/mol. The van der Waals surface area contributed by atoms with Gasteiger partial charge >= 0.3 is 6.03 Å². The lowest BCUT2D eigenvalue weighted by molar-refractivity contribution is 0.195. The summed E-state index contributed by atoms with van der Waals surface area (Å²) in [5.74, 6) is 1.21. The zero-order valence-electron chi connectivity index (χ0n) is 13.2. The summed E-state index contributed by atoms with van der Waals surface area (Å²) in [5.41, 5.74) is 0.645. The number of para-hydroxylation sites is 2. The molecule has 1 saturated heterocycles. The minimum atomic E-state index is -0.175. The summed E-state index contributed by atoms with van der Waals surface area (Å²) >= 11 is 6.05. The molecule has 1 aromatic heterocycles. The average molecular weight is 348 g/mol. The molecule has 2 aromatic rings. The molecule has 2 amide bonds. The van der Waals surface area contributed by atoms with Crippen LogP contribution in [0.4, 0.5) is 10.5 Å². The number of rotatable bonds is 4. The van der Waals surface area contributed by atoms with Crippen LogP contribution in [0.2, 0.25) is 5.02 Å². The standard InChI is InChI=1S/C17H18ClN3O3/c1-23-16-5-3-2-4-14(16)20-17(22)21-9-7-12(11-21)24-15-6-8-19-10-13(15)18/h2-6,8,10,12H,7,9,11H2,1H3,(H,20,22)/t12-/m0/s1. The number of nitrogens with zero attached hydrogens (tertiary/aromatic N) is 2. The summed E-state index contributed by atoms with van der Waals surface area (Å²) < 4.78 is 11.1. The SMILES string of the molecule is COc1ccccc1NC(=O)N1CC[C@H](Oc2ccncc2Cl)C1. The maximum Gasteiger partial charge on any atom is 0.322 e. The molecule has 6 nitrogen and oxygen atoms in total. The Balaban J connectivity index is 1.59. The Morgan fingerprint density at radius 2 is 2.17 bits per heavy atom. The first kappa shape index (κ1) is 16.4. The van der Waals surface area contributed by atoms with E-state index in [0.717, 1.165) is 6.42 Å². The molecule has 0 unspecified atom stereocenters. The molecule has 0 saturated carbocycles. The highest BCUT2D eigenvalue weighted by molar-refractivity contribution is 6.31. The van der Waals surface area contributed by atoms with Gasteiger partial charge in [0.15, 0.2) is 0 Å². The molecule has 1 N–H and O–H groups in total. The van der Waals surface area contributed by atoms with Crippen molar-refractivity contribution >= 4 is 23.3 Å². The van der Waals surface area contributed by atoms with Gasteiger partial charge in [0.05, 0.1) is 19.3 Å². The lowest BCUT2D eigenvalue weighted by atomic mass is 10.3. The van der Waals surface area contributed by atoms with Gasteiger partial charge < -0.3 is 19.7 Å². The van der Waals surface area contributed by atoms with Crippen LogP contribution in [0.15, 0.2) is 42.7 Å². The molecule has 0 aliphatic carbocycles. The van der Waals surface area contributed by atoms with Crippen molar-refractivity contribution in [1.82, 2.24) is 9.88 Å². The third-order valence-corrected chi connectivity index (χ3v) is 4.09. The predicted octanol–water partition coefficient (Wildman–Crippen LogP) is 3.43. The highest BCUT2D eigenvalue weighted by Gasteiger charge is 2.28. The number of amides is 2. The number of pyridine rings is 1. The molecule has 1 aliphatic heterocycles. The second kappa shape index (κ2) is 7.40. The number of carbonyl (C=O) groups is 1. The van der Waals surface area contributed by atoms with Gasteiger partial charge in [-0.3, -0.25) is 4.98 Å². The van der Waals surface area contributed by atoms with Crippen LogP contribution in [0.1, 0.15) is 6.42 Å². The maximum absolute atomic E-state index is 12.4. The van der Waals surface area contributed by atoms with E-state index < -0.39 is 0 Å². The number of benzene rings is 1. The molecular weight excluding hydrogens is 330 g/mol. The highest BCUT2D eigenvalue weighted by atomic mass is 35.5. The number of hydrogen-bond donors (Lipinski definition) is 1. The zero-order chi connectivity index (χ0) is 16.9. The Bertz CT molecular complexity index is 726. The fraction of sp³-hybridized carbons (Fsp3) is 0.294. The average Bonchev–Trinajstić information content (AvgIpc) is 3.06. The first-order chi connectivity index (χ1) is 11.7. The highest BCUT2D eigenvalue weighted by Crippen LogP contribution is 2.27. The first-order valence-corrected chi connectivity index (χ1v) is 8.00. The Morgan fingerprint density at radius 3 is 2.96 bits per heavy atom. The Labute approximate surface area is 145 Å². The van der Waals surface area contributed by atoms with E-state index in [-0.39, 0.29) is 12.1 Å². The molecule has 126 valence electrons. The minimum absolute atomic E-state index is 0.0895. The molecule has 24 heavy (non-hydrogen) atoms. The van der Waals surface area contributed by atoms with Gasteiger partial charge in [-0.05, 0) is 12.1 Å². The van der Waals surface area contributed by atoms with Gasteiger partial charge in [0.25, 0.3) is 0 Å². The molecule has 1 atom stereocenters. The summed E-state index contributed by atoms with van der Waals surface area (Å²) in [6, 6.07) is 8.85. The zero-order valence-corrected chi connectivity index (χ0v) is 14.0. The molecule has 7 heteroatoms. The van der Waals surface area contributed by atoms with E-state index in [1.807, 2.05) is 12.1 Å². The molecule has 0 bridgehead atoms. The second-order valence-electron chi connectivity index (χ2n) is 5.41. The van der Waals surface area contributed by atoms with E-state index in [0.29, 0.717) is 35.3 Å². The van der Waals surface area contributed by atoms with Crippen molar-refractivity contribution in [3.05, 3.63) is 47.7 Å². The minimum Gasteiger partial charge on any atom is -0.495 e. The number of aromatic nitrogens is 1. The fourth-order valence-electron chi connectivity index (χ4n) is 2.59. The number of likely N-dealkylation sites (tertiary alicyclic amines) is 1. The van der Waals surface area contributed by atoms with Crippen LogP contribution < -0.4 is 14.8 Å². The Hall–Kier alpha value is -2.47. The van der Waals surface area contributed by atoms with Crippen molar-refractivity contribution in [2.45, 2.75) is 12.5 Å². The Kier molecular flexibility index (Phi) is 5.05. The van der Waals surface area contributed by atoms with Crippen LogP contribution in [0, 0.1) is 0 Å². The van der Waals surface area contributed by atoms with Crippen molar-refractivity contribution in [3.8, 4) is 11.5 Å². The smallest absolute Gasteiger partial charge is 0.322 e. The van der Waals surface area contributed by atoms with Gasteiger partial charge in [0.2, 0.25) is 0 Å². The molecule has 2 heterocycles. The Morgan fingerprint density at radius 1 is 1.33 bits per heavy atom. The molecule has 1 fully saturated rings. The number of halogens is 1. The first-order valence-electron chi connectivity index (χ1n) is 7.62. The molecule has 1 aromatic carbocycles. The summed E-state index contributed by atoms with van der Waals surface area (Å²) in [4.78, 5) is 18.1. The summed E-state index contributed by atoms with van der Waals surface area (Å²) in [6.07, 6.45) is 3.83. The molecule has 0 spiro atoms. The van der Waals surface area contributed by atoms with E-state index in [1.54, 1.807) is 36.4 Å². The van der Waals surface area contributed by atoms with Crippen LogP contribution in [0.3, 0.4) is 0 Å². The van der Waals surface area contributed by atoms with Crippen molar-refractivity contribution in [2.24, 2.45) is 0 Å². The summed E-state index contributed by atoms with van der Waals surface area (Å²) in [5, 5.41) is 3.34. The van der Waals surface area contributed by atoms with E-state index >= 15 is 0 Å². The van der Waals surface area contributed by atoms with Gasteiger partial charge in [0.1, 0.15) is 22.6 Å². The van der Waals surface area contributed by atoms with Crippen molar-refractivity contribution in [2.75, 3.05) is 25.5 Å². The molecule has 0 radical (unpaired) electrons. The van der Waals surface area contributed by atoms with Crippen LogP contribution in [0.5, 0.6) is 11.5 Å². The van der Waals surface area contributed by atoms with E-state index in [2.05, 4.69) is 10.3 Å². The van der Waals surface area contributed by atoms with Crippen molar-refractivity contribution < 1.29 is 14.3 Å². The summed E-state index contributed by atoms with van der Waals surface area (Å²) in [7, 11) is 1.57. The summed E-state index contributed by atoms with van der Waals surface area (Å²) in [6.45, 7) is 1.12. The third-order valence-electron chi connectivity index (χ3n) is 3.81. The van der Waals surface area contributed by atoms with Gasteiger partial charge in [-0.15, -0.1) is 0 Å². The van der Waals surface area contributed by atoms with E-state index in [9.17, 15) is 4.79 Å². The molecular formula is C17H18ClN3O3. The monoisotopic (exact) mass is 347 g/mol. The number of methoxy groups -OCH3 is 1. The van der Waals surface area contributed by atoms with Crippen LogP contribution in [-0.4, -0.2) is 42.2 Å². The van der Waals surface area contributed by atoms with E-state index in [1.165, 1.54) is 6.20 Å². The maximum atomic E-state index is 12.4. The number of ether oxygens (including phenoxy) is 2. The largest absolute Gasteiger partial charge is 0.495 e. The number of carbonyl (C=O) groups excluding carboxylic acids is 1. The lowest BCUT2D eigenvalue weighted by Gasteiger charge is -2.19. The van der Waals surface area contributed by atoms with Crippen LogP contribution in [0.25, 0.3) is 0 Å². The topological polar surface area (TPSA) is 63.7 Å². The quantitative estimate of drug-likeness (QED) is 0.920. The molecule has 3 rings (SSSR count). The number of hydrogen-bond acceptors (Lipinski definition) is 4. The van der Waals surface area contributed by atoms with Gasteiger partial charge in [0, 0.05) is 31.4 Å². The second-order valence-corrected chi connectivity index (χ2v) is 5.82. The van der Waals surface area contributed by atoms with Gasteiger partial charge in [-0.1, -0.05) is 23.7 Å². The number of urea groups is 1. The normalized spacial score (nSPS) is 16.8. The third kappa shape index (κ3) is 3.71. The lowest BCUT2D eigenvalue weighted by Crippen LogP contribution is -2.34. The van der Waals surface area contributed by atoms with Gasteiger partial charge in [-0.2, -0.15) is 0 Å². The van der Waals surface area contributed by atoms with Gasteiger partial charge in [-0.25, -0.2) is 4.79 Å². The van der Waals surface area contributed by atoms with Crippen LogP contribution >= 0.6 is 11.6 Å². The number of nitrogens with one attached hydrogen (secondary N) is 1. The molecule has 1 aliphatic rings.